The van der Waals surface area contributed by atoms with Crippen molar-refractivity contribution >= 4 is 11.4 Å². The zero-order valence-electron chi connectivity index (χ0n) is 12.2. The van der Waals surface area contributed by atoms with Crippen LogP contribution >= 0.6 is 0 Å². The molecule has 19 heavy (non-hydrogen) atoms. The van der Waals surface area contributed by atoms with Gasteiger partial charge in [-0.3, -0.25) is 0 Å². The van der Waals surface area contributed by atoms with E-state index in [1.807, 2.05) is 6.07 Å². The van der Waals surface area contributed by atoms with Crippen molar-refractivity contribution in [3.63, 3.8) is 0 Å². The number of rotatable bonds is 8. The lowest BCUT2D eigenvalue weighted by Crippen LogP contribution is -2.13. The maximum absolute atomic E-state index is 5.94. The highest BCUT2D eigenvalue weighted by molar-refractivity contribution is 5.72. The molecule has 5 nitrogen and oxygen atoms in total. The molecule has 0 aliphatic rings. The van der Waals surface area contributed by atoms with Gasteiger partial charge < -0.3 is 25.3 Å². The molecule has 0 bridgehead atoms. The van der Waals surface area contributed by atoms with Crippen LogP contribution in [0.1, 0.15) is 13.8 Å². The predicted molar refractivity (Wildman–Crippen MR) is 78.1 cm³/mol. The molecule has 1 aromatic rings. The number of ether oxygens (including phenoxy) is 3. The average Bonchev–Trinajstić information content (AvgIpc) is 2.39. The van der Waals surface area contributed by atoms with Gasteiger partial charge in [0.15, 0.2) is 11.5 Å². The molecule has 0 radical (unpaired) electrons. The summed E-state index contributed by atoms with van der Waals surface area (Å²) in [7, 11) is 3.19. The first-order chi connectivity index (χ1) is 9.08. The van der Waals surface area contributed by atoms with Gasteiger partial charge in [0.2, 0.25) is 0 Å². The van der Waals surface area contributed by atoms with Crippen molar-refractivity contribution in [2.75, 3.05) is 45.0 Å². The Labute approximate surface area is 115 Å². The Morgan fingerprint density at radius 2 is 1.79 bits per heavy atom. The van der Waals surface area contributed by atoms with Gasteiger partial charge in [0.1, 0.15) is 0 Å². The first kappa shape index (κ1) is 15.4. The Kier molecular flexibility index (Phi) is 6.29. The van der Waals surface area contributed by atoms with Crippen molar-refractivity contribution in [3.8, 4) is 11.5 Å². The summed E-state index contributed by atoms with van der Waals surface area (Å²) < 4.78 is 15.9. The summed E-state index contributed by atoms with van der Waals surface area (Å²) in [6.07, 6.45) is 0. The monoisotopic (exact) mass is 268 g/mol. The zero-order chi connectivity index (χ0) is 14.3. The third-order valence-electron chi connectivity index (χ3n) is 2.57. The van der Waals surface area contributed by atoms with Gasteiger partial charge in [0.05, 0.1) is 32.2 Å². The molecule has 0 amide bonds. The molecular weight excluding hydrogens is 244 g/mol. The first-order valence-electron chi connectivity index (χ1n) is 6.41. The highest BCUT2D eigenvalue weighted by atomic mass is 16.5. The van der Waals surface area contributed by atoms with E-state index in [4.69, 9.17) is 19.9 Å². The number of hydrogen-bond acceptors (Lipinski definition) is 5. The molecule has 0 spiro atoms. The van der Waals surface area contributed by atoms with Crippen LogP contribution in [0.25, 0.3) is 0 Å². The summed E-state index contributed by atoms with van der Waals surface area (Å²) in [5.41, 5.74) is 7.40. The molecule has 0 saturated heterocycles. The van der Waals surface area contributed by atoms with E-state index in [0.717, 1.165) is 12.3 Å². The van der Waals surface area contributed by atoms with Crippen LogP contribution in [0, 0.1) is 5.92 Å². The molecule has 0 atom stereocenters. The summed E-state index contributed by atoms with van der Waals surface area (Å²) in [4.78, 5) is 0. The number of benzene rings is 1. The molecule has 108 valence electrons. The number of nitrogen functional groups attached to an aromatic ring is 1. The van der Waals surface area contributed by atoms with Crippen LogP contribution in [0.15, 0.2) is 12.1 Å². The van der Waals surface area contributed by atoms with E-state index in [2.05, 4.69) is 19.2 Å². The molecule has 0 unspecified atom stereocenters. The van der Waals surface area contributed by atoms with Gasteiger partial charge in [-0.1, -0.05) is 13.8 Å². The van der Waals surface area contributed by atoms with E-state index < -0.39 is 0 Å². The fraction of sp³-hybridized carbons (Fsp3) is 0.571. The van der Waals surface area contributed by atoms with Gasteiger partial charge in [0, 0.05) is 25.3 Å². The quantitative estimate of drug-likeness (QED) is 0.559. The molecule has 1 aromatic carbocycles. The Balaban J connectivity index is 2.53. The fourth-order valence-electron chi connectivity index (χ4n) is 1.62. The highest BCUT2D eigenvalue weighted by Gasteiger charge is 2.08. The molecule has 0 aliphatic carbocycles. The molecule has 5 heteroatoms. The van der Waals surface area contributed by atoms with Crippen LogP contribution in [-0.2, 0) is 4.74 Å². The van der Waals surface area contributed by atoms with Crippen LogP contribution in [0.2, 0.25) is 0 Å². The van der Waals surface area contributed by atoms with E-state index in [1.54, 1.807) is 20.3 Å². The summed E-state index contributed by atoms with van der Waals surface area (Å²) >= 11 is 0. The van der Waals surface area contributed by atoms with Gasteiger partial charge in [-0.25, -0.2) is 0 Å². The van der Waals surface area contributed by atoms with Crippen LogP contribution < -0.4 is 20.5 Å². The Bertz CT molecular complexity index is 395. The SMILES string of the molecule is COc1cc(N)c(NCCOCC(C)C)cc1OC. The summed E-state index contributed by atoms with van der Waals surface area (Å²) in [5.74, 6) is 1.83. The van der Waals surface area contributed by atoms with Gasteiger partial charge in [-0.2, -0.15) is 0 Å². The van der Waals surface area contributed by atoms with E-state index >= 15 is 0 Å². The number of methoxy groups -OCH3 is 2. The zero-order valence-corrected chi connectivity index (χ0v) is 12.2. The summed E-state index contributed by atoms with van der Waals surface area (Å²) in [6, 6.07) is 3.58. The van der Waals surface area contributed by atoms with E-state index in [-0.39, 0.29) is 0 Å². The molecule has 0 saturated carbocycles. The number of nitrogens with one attached hydrogen (secondary N) is 1. The average molecular weight is 268 g/mol. The lowest BCUT2D eigenvalue weighted by Gasteiger charge is -2.14. The van der Waals surface area contributed by atoms with E-state index in [9.17, 15) is 0 Å². The van der Waals surface area contributed by atoms with Crippen molar-refractivity contribution in [1.82, 2.24) is 0 Å². The van der Waals surface area contributed by atoms with Crippen LogP contribution in [0.4, 0.5) is 11.4 Å². The van der Waals surface area contributed by atoms with Crippen LogP contribution in [0.3, 0.4) is 0 Å². The summed E-state index contributed by atoms with van der Waals surface area (Å²) in [6.45, 7) is 6.36. The van der Waals surface area contributed by atoms with Crippen molar-refractivity contribution in [3.05, 3.63) is 12.1 Å². The van der Waals surface area contributed by atoms with Crippen molar-refractivity contribution in [2.24, 2.45) is 5.92 Å². The maximum Gasteiger partial charge on any atom is 0.162 e. The molecule has 0 fully saturated rings. The van der Waals surface area contributed by atoms with Crippen molar-refractivity contribution in [1.29, 1.82) is 0 Å². The molecule has 0 aromatic heterocycles. The minimum atomic E-state index is 0.547. The standard InChI is InChI=1S/C14H24N2O3/c1-10(2)9-19-6-5-16-12-8-14(18-4)13(17-3)7-11(12)15/h7-8,10,16H,5-6,9,15H2,1-4H3. The van der Waals surface area contributed by atoms with Gasteiger partial charge >= 0.3 is 0 Å². The topological polar surface area (TPSA) is 65.7 Å². The highest BCUT2D eigenvalue weighted by Crippen LogP contribution is 2.34. The third kappa shape index (κ3) is 4.87. The Morgan fingerprint density at radius 1 is 1.16 bits per heavy atom. The molecule has 0 aliphatic heterocycles. The maximum atomic E-state index is 5.94. The van der Waals surface area contributed by atoms with E-state index in [0.29, 0.717) is 36.3 Å². The van der Waals surface area contributed by atoms with Crippen molar-refractivity contribution in [2.45, 2.75) is 13.8 Å². The lowest BCUT2D eigenvalue weighted by atomic mass is 10.2. The smallest absolute Gasteiger partial charge is 0.162 e. The number of nitrogens with two attached hydrogens (primary N) is 1. The predicted octanol–water partition coefficient (Wildman–Crippen LogP) is 2.37. The number of anilines is 2. The Hall–Kier alpha value is -1.62. The first-order valence-corrected chi connectivity index (χ1v) is 6.41. The minimum Gasteiger partial charge on any atom is -0.493 e. The number of hydrogen-bond donors (Lipinski definition) is 2. The molecule has 3 N–H and O–H groups in total. The Morgan fingerprint density at radius 3 is 2.37 bits per heavy atom. The second-order valence-corrected chi connectivity index (χ2v) is 4.69. The van der Waals surface area contributed by atoms with Crippen LogP contribution in [0.5, 0.6) is 11.5 Å². The second-order valence-electron chi connectivity index (χ2n) is 4.69. The normalized spacial score (nSPS) is 10.6. The largest absolute Gasteiger partial charge is 0.493 e. The minimum absolute atomic E-state index is 0.547. The van der Waals surface area contributed by atoms with E-state index in [1.165, 1.54) is 0 Å². The van der Waals surface area contributed by atoms with Crippen molar-refractivity contribution < 1.29 is 14.2 Å². The second kappa shape index (κ2) is 7.74. The van der Waals surface area contributed by atoms with Gasteiger partial charge in [-0.05, 0) is 5.92 Å². The third-order valence-corrected chi connectivity index (χ3v) is 2.57. The molecule has 0 heterocycles. The fourth-order valence-corrected chi connectivity index (χ4v) is 1.62. The van der Waals surface area contributed by atoms with Gasteiger partial charge in [0.25, 0.3) is 0 Å². The lowest BCUT2D eigenvalue weighted by molar-refractivity contribution is 0.118. The van der Waals surface area contributed by atoms with Gasteiger partial charge in [-0.15, -0.1) is 0 Å². The van der Waals surface area contributed by atoms with Crippen LogP contribution in [-0.4, -0.2) is 34.0 Å². The molecular formula is C14H24N2O3. The summed E-state index contributed by atoms with van der Waals surface area (Å²) in [5, 5.41) is 3.23. The molecule has 1 rings (SSSR count).